The molecule has 0 amide bonds. The molecule has 0 aliphatic heterocycles. The van der Waals surface area contributed by atoms with E-state index in [1.807, 2.05) is 0 Å². The van der Waals surface area contributed by atoms with Crippen LogP contribution in [0.2, 0.25) is 0 Å². The first kappa shape index (κ1) is 18.4. The summed E-state index contributed by atoms with van der Waals surface area (Å²) in [5.41, 5.74) is 2.75. The monoisotopic (exact) mass is 344 g/mol. The fraction of sp³-hybridized carbons (Fsp3) is 1.00. The molecule has 7 aliphatic rings. The predicted molar refractivity (Wildman–Crippen MR) is 109 cm³/mol. The van der Waals surface area contributed by atoms with Crippen LogP contribution in [-0.4, -0.2) is 0 Å². The van der Waals surface area contributed by atoms with Gasteiger partial charge in [-0.05, 0) is 104 Å². The van der Waals surface area contributed by atoms with E-state index in [-0.39, 0.29) is 0 Å². The molecule has 0 saturated heterocycles. The molecule has 0 bridgehead atoms. The van der Waals surface area contributed by atoms with Crippen LogP contribution in [0.25, 0.3) is 0 Å². The first-order valence-corrected chi connectivity index (χ1v) is 11.9. The maximum atomic E-state index is 2.44. The quantitative estimate of drug-likeness (QED) is 0.476. The molecular formula is C25H44. The number of hydrogen-bond donors (Lipinski definition) is 0. The van der Waals surface area contributed by atoms with E-state index in [1.54, 1.807) is 38.5 Å². The molecule has 2 spiro atoms. The highest BCUT2D eigenvalue weighted by Crippen LogP contribution is 2.70. The Bertz CT molecular complexity index is 449. The zero-order chi connectivity index (χ0) is 17.7. The van der Waals surface area contributed by atoms with Crippen molar-refractivity contribution < 1.29 is 0 Å². The largest absolute Gasteiger partial charge is 0.0651 e. The molecule has 0 radical (unpaired) electrons. The molecule has 0 aromatic carbocycles. The molecule has 7 rings (SSSR count). The van der Waals surface area contributed by atoms with Gasteiger partial charge in [-0.15, -0.1) is 0 Å². The van der Waals surface area contributed by atoms with Crippen LogP contribution < -0.4 is 0 Å². The van der Waals surface area contributed by atoms with Gasteiger partial charge >= 0.3 is 0 Å². The van der Waals surface area contributed by atoms with Crippen molar-refractivity contribution in [2.75, 3.05) is 0 Å². The third kappa shape index (κ3) is 4.65. The summed E-state index contributed by atoms with van der Waals surface area (Å²) in [6.45, 7) is 9.45. The van der Waals surface area contributed by atoms with E-state index >= 15 is 0 Å². The first-order chi connectivity index (χ1) is 11.9. The Labute approximate surface area is 157 Å². The van der Waals surface area contributed by atoms with Crippen LogP contribution in [0, 0.1) is 39.9 Å². The summed E-state index contributed by atoms with van der Waals surface area (Å²) in [6.07, 6.45) is 21.4. The number of hydrogen-bond acceptors (Lipinski definition) is 0. The van der Waals surface area contributed by atoms with Crippen LogP contribution >= 0.6 is 0 Å². The minimum Gasteiger partial charge on any atom is -0.0651 e. The van der Waals surface area contributed by atoms with Crippen LogP contribution in [0.1, 0.15) is 118 Å². The Morgan fingerprint density at radius 3 is 1.24 bits per heavy atom. The highest BCUT2D eigenvalue weighted by Gasteiger charge is 2.59. The highest BCUT2D eigenvalue weighted by atomic mass is 14.6. The lowest BCUT2D eigenvalue weighted by atomic mass is 9.80. The fourth-order valence-electron chi connectivity index (χ4n) is 5.20. The SMILES string of the molecule is CC1(C2CC2)CC1.CC1CC12CC2.CC1CC12CCC2.CCC1CC1. The molecule has 0 heteroatoms. The second kappa shape index (κ2) is 6.56. The highest BCUT2D eigenvalue weighted by molar-refractivity contribution is 5.10. The average molecular weight is 345 g/mol. The van der Waals surface area contributed by atoms with Crippen LogP contribution in [0.4, 0.5) is 0 Å². The van der Waals surface area contributed by atoms with E-state index in [0.29, 0.717) is 0 Å². The maximum Gasteiger partial charge on any atom is -0.0268 e. The lowest BCUT2D eigenvalue weighted by Crippen LogP contribution is -2.13. The lowest BCUT2D eigenvalue weighted by molar-refractivity contribution is 0.264. The average Bonchev–Trinajstić information content (AvgIpc) is 3.39. The smallest absolute Gasteiger partial charge is 0.0268 e. The Kier molecular flexibility index (Phi) is 4.82. The summed E-state index contributed by atoms with van der Waals surface area (Å²) in [4.78, 5) is 0. The van der Waals surface area contributed by atoms with Crippen LogP contribution in [-0.2, 0) is 0 Å². The van der Waals surface area contributed by atoms with Gasteiger partial charge in [-0.3, -0.25) is 0 Å². The van der Waals surface area contributed by atoms with Gasteiger partial charge in [-0.2, -0.15) is 0 Å². The van der Waals surface area contributed by atoms with Gasteiger partial charge in [-0.25, -0.2) is 0 Å². The molecule has 144 valence electrons. The third-order valence-electron chi connectivity index (χ3n) is 9.31. The van der Waals surface area contributed by atoms with Crippen molar-refractivity contribution in [1.29, 1.82) is 0 Å². The van der Waals surface area contributed by atoms with Gasteiger partial charge in [0.15, 0.2) is 0 Å². The number of rotatable bonds is 2. The second-order valence-corrected chi connectivity index (χ2v) is 11.6. The molecule has 2 unspecified atom stereocenters. The van der Waals surface area contributed by atoms with Crippen LogP contribution in [0.3, 0.4) is 0 Å². The van der Waals surface area contributed by atoms with Crippen molar-refractivity contribution in [2.45, 2.75) is 118 Å². The van der Waals surface area contributed by atoms with Gasteiger partial charge in [-0.1, -0.05) is 53.4 Å². The molecule has 7 saturated carbocycles. The van der Waals surface area contributed by atoms with Crippen LogP contribution in [0.5, 0.6) is 0 Å². The molecule has 2 atom stereocenters. The predicted octanol–water partition coefficient (Wildman–Crippen LogP) is 8.01. The van der Waals surface area contributed by atoms with Gasteiger partial charge in [0.1, 0.15) is 0 Å². The standard InChI is InChI=1S/2C7H12.C6H10.C5H10/c1-7(4-5-7)6-2-3-6;1-6-5-7(6)3-2-4-7;1-5-4-6(5)2-3-6;1-2-5-3-4-5/h2*6H,2-5H2,1H3;5H,2-4H2,1H3;5H,2-4H2,1H3. The summed E-state index contributed by atoms with van der Waals surface area (Å²) in [5.74, 6) is 4.50. The van der Waals surface area contributed by atoms with Gasteiger partial charge in [0, 0.05) is 0 Å². The van der Waals surface area contributed by atoms with E-state index in [4.69, 9.17) is 0 Å². The molecule has 0 heterocycles. The van der Waals surface area contributed by atoms with Gasteiger partial charge in [0.2, 0.25) is 0 Å². The summed E-state index contributed by atoms with van der Waals surface area (Å²) in [7, 11) is 0. The van der Waals surface area contributed by atoms with E-state index in [0.717, 1.165) is 39.9 Å². The topological polar surface area (TPSA) is 0 Å². The third-order valence-corrected chi connectivity index (χ3v) is 9.31. The Morgan fingerprint density at radius 2 is 1.20 bits per heavy atom. The second-order valence-electron chi connectivity index (χ2n) is 11.6. The molecule has 25 heavy (non-hydrogen) atoms. The normalized spacial score (nSPS) is 37.9. The summed E-state index contributed by atoms with van der Waals surface area (Å²) >= 11 is 0. The molecular weight excluding hydrogens is 300 g/mol. The molecule has 7 fully saturated rings. The Morgan fingerprint density at radius 1 is 0.720 bits per heavy atom. The van der Waals surface area contributed by atoms with Crippen molar-refractivity contribution in [3.05, 3.63) is 0 Å². The summed E-state index contributed by atoms with van der Waals surface area (Å²) < 4.78 is 0. The minimum atomic E-state index is 0.861. The molecule has 0 N–H and O–H groups in total. The van der Waals surface area contributed by atoms with Crippen molar-refractivity contribution in [3.8, 4) is 0 Å². The summed E-state index contributed by atoms with van der Waals surface area (Å²) in [5, 5.41) is 0. The van der Waals surface area contributed by atoms with E-state index in [1.165, 1.54) is 51.4 Å². The summed E-state index contributed by atoms with van der Waals surface area (Å²) in [6, 6.07) is 0. The van der Waals surface area contributed by atoms with Crippen molar-refractivity contribution in [3.63, 3.8) is 0 Å². The van der Waals surface area contributed by atoms with Crippen molar-refractivity contribution in [2.24, 2.45) is 39.9 Å². The van der Waals surface area contributed by atoms with E-state index in [2.05, 4.69) is 27.7 Å². The first-order valence-electron chi connectivity index (χ1n) is 11.9. The van der Waals surface area contributed by atoms with E-state index in [9.17, 15) is 0 Å². The fourth-order valence-corrected chi connectivity index (χ4v) is 5.20. The zero-order valence-electron chi connectivity index (χ0n) is 17.7. The maximum absolute atomic E-state index is 2.44. The molecule has 0 nitrogen and oxygen atoms in total. The van der Waals surface area contributed by atoms with Gasteiger partial charge in [0.25, 0.3) is 0 Å². The van der Waals surface area contributed by atoms with Gasteiger partial charge < -0.3 is 0 Å². The van der Waals surface area contributed by atoms with E-state index < -0.39 is 0 Å². The molecule has 0 aromatic heterocycles. The zero-order valence-corrected chi connectivity index (χ0v) is 17.7. The lowest BCUT2D eigenvalue weighted by Gasteiger charge is -2.25. The minimum absolute atomic E-state index is 0.861. The Balaban J connectivity index is 0.0000000844. The van der Waals surface area contributed by atoms with Crippen molar-refractivity contribution >= 4 is 0 Å². The van der Waals surface area contributed by atoms with Crippen LogP contribution in [0.15, 0.2) is 0 Å². The molecule has 0 aromatic rings. The Hall–Kier alpha value is 0. The van der Waals surface area contributed by atoms with Crippen molar-refractivity contribution in [1.82, 2.24) is 0 Å². The van der Waals surface area contributed by atoms with Gasteiger partial charge in [0.05, 0.1) is 0 Å². The molecule has 7 aliphatic carbocycles.